The molecule has 0 saturated carbocycles. The number of H-pyrrole nitrogens is 1. The van der Waals surface area contributed by atoms with Crippen LogP contribution in [0.4, 0.5) is 0 Å². The lowest BCUT2D eigenvalue weighted by Gasteiger charge is -2.05. The lowest BCUT2D eigenvalue weighted by molar-refractivity contribution is 1.15. The lowest BCUT2D eigenvalue weighted by atomic mass is 10.0. The predicted octanol–water partition coefficient (Wildman–Crippen LogP) is 2.11. The Morgan fingerprint density at radius 3 is 2.69 bits per heavy atom. The molecule has 1 N–H and O–H groups in total. The minimum atomic E-state index is -0.152. The minimum Gasteiger partial charge on any atom is -0.329 e. The van der Waals surface area contributed by atoms with E-state index in [1.165, 1.54) is 6.07 Å². The number of hydrogen-bond donors (Lipinski definition) is 1. The molecule has 3 nitrogen and oxygen atoms in total. The van der Waals surface area contributed by atoms with Crippen molar-refractivity contribution < 1.29 is 0 Å². The summed E-state index contributed by atoms with van der Waals surface area (Å²) < 4.78 is 0. The Morgan fingerprint density at radius 2 is 2.00 bits per heavy atom. The van der Waals surface area contributed by atoms with Crippen LogP contribution in [-0.4, -0.2) is 4.98 Å². The van der Waals surface area contributed by atoms with Crippen molar-refractivity contribution in [3.8, 4) is 17.2 Å². The molecular weight excluding hydrogens is 200 g/mol. The number of rotatable bonds is 2. The van der Waals surface area contributed by atoms with Gasteiger partial charge in [0.2, 0.25) is 5.56 Å². The predicted molar refractivity (Wildman–Crippen MR) is 61.8 cm³/mol. The van der Waals surface area contributed by atoms with Crippen molar-refractivity contribution in [2.24, 2.45) is 0 Å². The van der Waals surface area contributed by atoms with Gasteiger partial charge in [-0.25, -0.2) is 0 Å². The molecule has 0 radical (unpaired) electrons. The molecule has 0 bridgehead atoms. The van der Waals surface area contributed by atoms with Crippen LogP contribution in [-0.2, 0) is 6.42 Å². The second kappa shape index (κ2) is 4.45. The average Bonchev–Trinajstić information content (AvgIpc) is 2.33. The average molecular weight is 210 g/mol. The molecule has 78 valence electrons. The van der Waals surface area contributed by atoms with Gasteiger partial charge < -0.3 is 4.98 Å². The fourth-order valence-corrected chi connectivity index (χ4v) is 1.62. The van der Waals surface area contributed by atoms with E-state index in [0.717, 1.165) is 16.7 Å². The number of benzene rings is 1. The number of nitrogens with zero attached hydrogens (tertiary/aromatic N) is 1. The lowest BCUT2D eigenvalue weighted by Crippen LogP contribution is -2.05. The third kappa shape index (κ3) is 2.01. The normalized spacial score (nSPS) is 9.69. The molecule has 3 heteroatoms. The van der Waals surface area contributed by atoms with Crippen molar-refractivity contribution in [2.75, 3.05) is 0 Å². The standard InChI is InChI=1S/C13H10N2O/c14-7-6-11-9-15-13(16)8-12(11)10-4-2-1-3-5-10/h1-5,8-9H,6H2,(H,15,16). The fourth-order valence-electron chi connectivity index (χ4n) is 1.62. The van der Waals surface area contributed by atoms with Crippen LogP contribution in [0.2, 0.25) is 0 Å². The zero-order valence-corrected chi connectivity index (χ0v) is 8.60. The molecule has 0 aliphatic carbocycles. The van der Waals surface area contributed by atoms with Crippen molar-refractivity contribution in [1.82, 2.24) is 4.98 Å². The first-order chi connectivity index (χ1) is 7.81. The zero-order valence-electron chi connectivity index (χ0n) is 8.60. The topological polar surface area (TPSA) is 56.6 Å². The van der Waals surface area contributed by atoms with Gasteiger partial charge in [-0.15, -0.1) is 0 Å². The van der Waals surface area contributed by atoms with Gasteiger partial charge in [0.15, 0.2) is 0 Å². The molecular formula is C13H10N2O. The number of nitriles is 1. The van der Waals surface area contributed by atoms with Gasteiger partial charge in [0.05, 0.1) is 12.5 Å². The van der Waals surface area contributed by atoms with E-state index >= 15 is 0 Å². The van der Waals surface area contributed by atoms with Crippen LogP contribution in [0, 0.1) is 11.3 Å². The van der Waals surface area contributed by atoms with E-state index in [1.807, 2.05) is 30.3 Å². The van der Waals surface area contributed by atoms with Crippen molar-refractivity contribution in [1.29, 1.82) is 5.26 Å². The molecule has 0 spiro atoms. The molecule has 0 unspecified atom stereocenters. The van der Waals surface area contributed by atoms with Gasteiger partial charge in [-0.2, -0.15) is 5.26 Å². The third-order valence-electron chi connectivity index (χ3n) is 2.36. The molecule has 2 rings (SSSR count). The summed E-state index contributed by atoms with van der Waals surface area (Å²) in [7, 11) is 0. The summed E-state index contributed by atoms with van der Waals surface area (Å²) in [5, 5.41) is 8.72. The van der Waals surface area contributed by atoms with Gasteiger partial charge >= 0.3 is 0 Å². The summed E-state index contributed by atoms with van der Waals surface area (Å²) in [6.07, 6.45) is 1.90. The van der Waals surface area contributed by atoms with E-state index in [1.54, 1.807) is 6.20 Å². The molecule has 1 heterocycles. The van der Waals surface area contributed by atoms with Crippen LogP contribution in [0.25, 0.3) is 11.1 Å². The quantitative estimate of drug-likeness (QED) is 0.825. The minimum absolute atomic E-state index is 0.152. The zero-order chi connectivity index (χ0) is 11.4. The van der Waals surface area contributed by atoms with E-state index in [4.69, 9.17) is 5.26 Å². The highest BCUT2D eigenvalue weighted by Crippen LogP contribution is 2.21. The van der Waals surface area contributed by atoms with Gasteiger partial charge in [0.25, 0.3) is 0 Å². The Kier molecular flexibility index (Phi) is 2.84. The molecule has 0 fully saturated rings. The monoisotopic (exact) mass is 210 g/mol. The number of hydrogen-bond acceptors (Lipinski definition) is 2. The largest absolute Gasteiger partial charge is 0.329 e. The van der Waals surface area contributed by atoms with Crippen LogP contribution in [0.5, 0.6) is 0 Å². The third-order valence-corrected chi connectivity index (χ3v) is 2.36. The second-order valence-corrected chi connectivity index (χ2v) is 3.44. The number of nitrogens with one attached hydrogen (secondary N) is 1. The van der Waals surface area contributed by atoms with Gasteiger partial charge in [-0.3, -0.25) is 4.79 Å². The molecule has 0 amide bonds. The highest BCUT2D eigenvalue weighted by atomic mass is 16.1. The van der Waals surface area contributed by atoms with Crippen molar-refractivity contribution in [3.05, 3.63) is 58.5 Å². The van der Waals surface area contributed by atoms with Crippen LogP contribution >= 0.6 is 0 Å². The summed E-state index contributed by atoms with van der Waals surface area (Å²) >= 11 is 0. The SMILES string of the molecule is N#CCc1c[nH]c(=O)cc1-c1ccccc1. The molecule has 1 aromatic heterocycles. The Morgan fingerprint density at radius 1 is 1.25 bits per heavy atom. The smallest absolute Gasteiger partial charge is 0.248 e. The number of aromatic amines is 1. The highest BCUT2D eigenvalue weighted by Gasteiger charge is 2.05. The molecule has 0 aliphatic rings. The molecule has 0 atom stereocenters. The first-order valence-corrected chi connectivity index (χ1v) is 4.95. The first-order valence-electron chi connectivity index (χ1n) is 4.95. The second-order valence-electron chi connectivity index (χ2n) is 3.44. The number of pyridine rings is 1. The van der Waals surface area contributed by atoms with E-state index in [2.05, 4.69) is 11.1 Å². The molecule has 0 saturated heterocycles. The van der Waals surface area contributed by atoms with E-state index in [-0.39, 0.29) is 5.56 Å². The number of aromatic nitrogens is 1. The molecule has 2 aromatic rings. The van der Waals surface area contributed by atoms with E-state index < -0.39 is 0 Å². The molecule has 16 heavy (non-hydrogen) atoms. The Balaban J connectivity index is 2.59. The Bertz CT molecular complexity index is 579. The van der Waals surface area contributed by atoms with Crippen LogP contribution < -0.4 is 5.56 Å². The van der Waals surface area contributed by atoms with Crippen LogP contribution in [0.15, 0.2) is 47.4 Å². The van der Waals surface area contributed by atoms with E-state index in [9.17, 15) is 4.79 Å². The fraction of sp³-hybridized carbons (Fsp3) is 0.0769. The molecule has 1 aromatic carbocycles. The van der Waals surface area contributed by atoms with Crippen molar-refractivity contribution >= 4 is 0 Å². The maximum Gasteiger partial charge on any atom is 0.248 e. The Labute approximate surface area is 93.0 Å². The molecule has 0 aliphatic heterocycles. The van der Waals surface area contributed by atoms with Gasteiger partial charge in [-0.1, -0.05) is 30.3 Å². The van der Waals surface area contributed by atoms with Crippen LogP contribution in [0.1, 0.15) is 5.56 Å². The maximum atomic E-state index is 11.3. The van der Waals surface area contributed by atoms with Crippen LogP contribution in [0.3, 0.4) is 0 Å². The van der Waals surface area contributed by atoms with Crippen molar-refractivity contribution in [3.63, 3.8) is 0 Å². The van der Waals surface area contributed by atoms with Gasteiger partial charge in [0.1, 0.15) is 0 Å². The summed E-state index contributed by atoms with van der Waals surface area (Å²) in [6.45, 7) is 0. The summed E-state index contributed by atoms with van der Waals surface area (Å²) in [5.74, 6) is 0. The van der Waals surface area contributed by atoms with Crippen molar-refractivity contribution in [2.45, 2.75) is 6.42 Å². The summed E-state index contributed by atoms with van der Waals surface area (Å²) in [5.41, 5.74) is 2.47. The first kappa shape index (κ1) is 10.2. The Hall–Kier alpha value is -2.34. The van der Waals surface area contributed by atoms with E-state index in [0.29, 0.717) is 6.42 Å². The van der Waals surface area contributed by atoms with Gasteiger partial charge in [-0.05, 0) is 16.7 Å². The maximum absolute atomic E-state index is 11.3. The highest BCUT2D eigenvalue weighted by molar-refractivity contribution is 5.66. The summed E-state index contributed by atoms with van der Waals surface area (Å²) in [4.78, 5) is 13.9. The summed E-state index contributed by atoms with van der Waals surface area (Å²) in [6, 6.07) is 13.2. The van der Waals surface area contributed by atoms with Gasteiger partial charge in [0, 0.05) is 12.3 Å².